The summed E-state index contributed by atoms with van der Waals surface area (Å²) >= 11 is 0. The lowest BCUT2D eigenvalue weighted by Crippen LogP contribution is -2.50. The molecule has 40 heavy (non-hydrogen) atoms. The van der Waals surface area contributed by atoms with Gasteiger partial charge >= 0.3 is 0 Å². The first-order valence-electron chi connectivity index (χ1n) is 14.5. The lowest BCUT2D eigenvalue weighted by Gasteiger charge is -2.54. The number of piperidine rings is 1. The van der Waals surface area contributed by atoms with Gasteiger partial charge in [-0.05, 0) is 84.7 Å². The molecule has 1 saturated carbocycles. The molecule has 1 aliphatic heterocycles. The number of fused-ring (bicyclic) bond motifs is 1. The van der Waals surface area contributed by atoms with E-state index >= 15 is 4.39 Å². The third-order valence-electron chi connectivity index (χ3n) is 9.87. The van der Waals surface area contributed by atoms with E-state index in [1.54, 1.807) is 27.4 Å². The Bertz CT molecular complexity index is 1330. The fourth-order valence-corrected chi connectivity index (χ4v) is 7.86. The van der Waals surface area contributed by atoms with Crippen LogP contribution in [0.15, 0.2) is 60.7 Å². The van der Waals surface area contributed by atoms with Crippen LogP contribution in [-0.2, 0) is 15.9 Å². The van der Waals surface area contributed by atoms with Crippen molar-refractivity contribution in [3.63, 3.8) is 0 Å². The summed E-state index contributed by atoms with van der Waals surface area (Å²) in [6.07, 6.45) is 5.96. The van der Waals surface area contributed by atoms with Gasteiger partial charge in [-0.25, -0.2) is 4.39 Å². The number of halogens is 1. The van der Waals surface area contributed by atoms with Crippen LogP contribution in [0.2, 0.25) is 0 Å². The molecule has 0 aromatic heterocycles. The third kappa shape index (κ3) is 4.75. The second kappa shape index (κ2) is 11.1. The van der Waals surface area contributed by atoms with Crippen molar-refractivity contribution in [2.45, 2.75) is 56.7 Å². The molecule has 3 aliphatic rings. The number of hydrogen-bond acceptors (Lipinski definition) is 5. The van der Waals surface area contributed by atoms with E-state index in [1.807, 2.05) is 24.3 Å². The van der Waals surface area contributed by atoms with Crippen molar-refractivity contribution >= 4 is 5.69 Å². The van der Waals surface area contributed by atoms with Gasteiger partial charge < -0.3 is 24.2 Å². The number of hydrogen-bond donors (Lipinski definition) is 1. The molecule has 6 heteroatoms. The molecule has 1 N–H and O–H groups in total. The molecule has 5 nitrogen and oxygen atoms in total. The summed E-state index contributed by atoms with van der Waals surface area (Å²) in [4.78, 5) is 2.19. The molecular formula is C34H40FNO4. The molecule has 1 spiro atoms. The van der Waals surface area contributed by atoms with E-state index in [-0.39, 0.29) is 29.7 Å². The Labute approximate surface area is 236 Å². The smallest absolute Gasteiger partial charge is 0.188 e. The van der Waals surface area contributed by atoms with Crippen LogP contribution >= 0.6 is 0 Å². The van der Waals surface area contributed by atoms with Gasteiger partial charge in [-0.3, -0.25) is 0 Å². The van der Waals surface area contributed by atoms with Gasteiger partial charge in [-0.2, -0.15) is 0 Å². The van der Waals surface area contributed by atoms with Gasteiger partial charge in [0.05, 0.1) is 12.8 Å². The van der Waals surface area contributed by atoms with Crippen LogP contribution in [0.3, 0.4) is 0 Å². The Hall–Kier alpha value is -3.09. The Morgan fingerprint density at radius 3 is 2.30 bits per heavy atom. The number of aryl methyl sites for hydroxylation is 1. The van der Waals surface area contributed by atoms with Gasteiger partial charge in [-0.15, -0.1) is 0 Å². The van der Waals surface area contributed by atoms with Gasteiger partial charge in [-0.1, -0.05) is 42.5 Å². The van der Waals surface area contributed by atoms with Crippen molar-refractivity contribution in [3.8, 4) is 11.5 Å². The SMILES string of the molecule is COc1c([C@H]2c3ccc(O)cc3CC[C@H]2c2ccccc2)ccc(N2CCC3(CC2)CC(C(OC)OC)C3)c1F. The van der Waals surface area contributed by atoms with E-state index in [4.69, 9.17) is 14.2 Å². The van der Waals surface area contributed by atoms with Crippen molar-refractivity contribution in [3.05, 3.63) is 88.7 Å². The van der Waals surface area contributed by atoms with E-state index in [9.17, 15) is 5.11 Å². The minimum Gasteiger partial charge on any atom is -0.508 e. The molecule has 0 radical (unpaired) electrons. The van der Waals surface area contributed by atoms with Crippen molar-refractivity contribution in [1.29, 1.82) is 0 Å². The fraction of sp³-hybridized carbons (Fsp3) is 0.471. The maximum Gasteiger partial charge on any atom is 0.188 e. The molecule has 2 atom stereocenters. The molecule has 2 fully saturated rings. The highest BCUT2D eigenvalue weighted by Gasteiger charge is 2.49. The van der Waals surface area contributed by atoms with Gasteiger partial charge in [0.2, 0.25) is 0 Å². The van der Waals surface area contributed by atoms with Crippen molar-refractivity contribution < 1.29 is 23.7 Å². The molecule has 1 saturated heterocycles. The van der Waals surface area contributed by atoms with E-state index in [0.717, 1.165) is 68.3 Å². The summed E-state index contributed by atoms with van der Waals surface area (Å²) in [6, 6.07) is 20.1. The highest BCUT2D eigenvalue weighted by Crippen LogP contribution is 2.55. The normalized spacial score (nSPS) is 22.3. The van der Waals surface area contributed by atoms with Crippen LogP contribution in [0.4, 0.5) is 10.1 Å². The topological polar surface area (TPSA) is 51.2 Å². The van der Waals surface area contributed by atoms with Crippen LogP contribution in [0, 0.1) is 17.2 Å². The zero-order valence-electron chi connectivity index (χ0n) is 23.7. The number of phenolic OH excluding ortho intramolecular Hbond substituents is 1. The number of nitrogens with zero attached hydrogens (tertiary/aromatic N) is 1. The van der Waals surface area contributed by atoms with Crippen LogP contribution < -0.4 is 9.64 Å². The molecule has 3 aromatic rings. The number of phenols is 1. The molecule has 3 aromatic carbocycles. The zero-order valence-corrected chi connectivity index (χ0v) is 23.7. The molecule has 0 amide bonds. The van der Waals surface area contributed by atoms with Gasteiger partial charge in [0.1, 0.15) is 5.75 Å². The summed E-state index contributed by atoms with van der Waals surface area (Å²) in [5.41, 5.74) is 5.29. The number of aromatic hydroxyl groups is 1. The Kier molecular flexibility index (Phi) is 7.49. The van der Waals surface area contributed by atoms with E-state index in [1.165, 1.54) is 5.56 Å². The molecule has 2 aliphatic carbocycles. The molecule has 6 rings (SSSR count). The molecule has 0 unspecified atom stereocenters. The maximum atomic E-state index is 16.4. The highest BCUT2D eigenvalue weighted by molar-refractivity contribution is 5.60. The first kappa shape index (κ1) is 27.1. The second-order valence-corrected chi connectivity index (χ2v) is 11.9. The predicted octanol–water partition coefficient (Wildman–Crippen LogP) is 7.02. The minimum atomic E-state index is -0.279. The van der Waals surface area contributed by atoms with Gasteiger partial charge in [0.15, 0.2) is 17.9 Å². The number of benzene rings is 3. The van der Waals surface area contributed by atoms with E-state index < -0.39 is 0 Å². The summed E-state index contributed by atoms with van der Waals surface area (Å²) in [6.45, 7) is 1.66. The van der Waals surface area contributed by atoms with Gasteiger partial charge in [0, 0.05) is 44.7 Å². The average Bonchev–Trinajstić information content (AvgIpc) is 2.97. The lowest BCUT2D eigenvalue weighted by molar-refractivity contribution is -0.184. The minimum absolute atomic E-state index is 0.0729. The Morgan fingerprint density at radius 2 is 1.62 bits per heavy atom. The first-order chi connectivity index (χ1) is 19.5. The molecule has 212 valence electrons. The largest absolute Gasteiger partial charge is 0.508 e. The quantitative estimate of drug-likeness (QED) is 0.324. The number of ether oxygens (including phenoxy) is 3. The summed E-state index contributed by atoms with van der Waals surface area (Å²) < 4.78 is 33.2. The lowest BCUT2D eigenvalue weighted by atomic mass is 9.57. The average molecular weight is 546 g/mol. The Morgan fingerprint density at radius 1 is 0.925 bits per heavy atom. The standard InChI is InChI=1S/C34H40FNO4/c1-38-32-28(30-26(22-7-5-4-6-8-22)11-9-23-19-25(37)10-12-27(23)30)13-14-29(31(32)35)36-17-15-34(16-18-36)20-24(21-34)33(39-2)40-3/h4-8,10,12-14,19,24,26,30,33,37H,9,11,15-18,20-21H2,1-3H3/t26-,30+/m0/s1. The number of methoxy groups -OCH3 is 3. The molecule has 1 heterocycles. The predicted molar refractivity (Wildman–Crippen MR) is 155 cm³/mol. The number of anilines is 1. The monoisotopic (exact) mass is 545 g/mol. The summed E-state index contributed by atoms with van der Waals surface area (Å²) in [7, 11) is 4.99. The fourth-order valence-electron chi connectivity index (χ4n) is 7.86. The van der Waals surface area contributed by atoms with Crippen LogP contribution in [0.25, 0.3) is 0 Å². The zero-order chi connectivity index (χ0) is 27.9. The summed E-state index contributed by atoms with van der Waals surface area (Å²) in [5, 5.41) is 10.2. The van der Waals surface area contributed by atoms with Crippen molar-refractivity contribution in [2.24, 2.45) is 11.3 Å². The van der Waals surface area contributed by atoms with E-state index in [0.29, 0.717) is 22.8 Å². The van der Waals surface area contributed by atoms with Crippen LogP contribution in [-0.4, -0.2) is 45.8 Å². The van der Waals surface area contributed by atoms with Crippen molar-refractivity contribution in [1.82, 2.24) is 0 Å². The maximum absolute atomic E-state index is 16.4. The summed E-state index contributed by atoms with van der Waals surface area (Å²) in [5.74, 6) is 0.869. The highest BCUT2D eigenvalue weighted by atomic mass is 19.1. The van der Waals surface area contributed by atoms with Crippen LogP contribution in [0.5, 0.6) is 11.5 Å². The number of rotatable bonds is 7. The first-order valence-corrected chi connectivity index (χ1v) is 14.5. The van der Waals surface area contributed by atoms with Crippen LogP contribution in [0.1, 0.15) is 66.2 Å². The molecule has 0 bridgehead atoms. The van der Waals surface area contributed by atoms with Crippen molar-refractivity contribution in [2.75, 3.05) is 39.3 Å². The van der Waals surface area contributed by atoms with E-state index in [2.05, 4.69) is 35.2 Å². The van der Waals surface area contributed by atoms with Gasteiger partial charge in [0.25, 0.3) is 0 Å². The Balaban J connectivity index is 1.29. The molecular weight excluding hydrogens is 505 g/mol. The second-order valence-electron chi connectivity index (χ2n) is 11.9. The third-order valence-corrected chi connectivity index (χ3v) is 9.87.